The van der Waals surface area contributed by atoms with Gasteiger partial charge in [-0.3, -0.25) is 4.57 Å². The van der Waals surface area contributed by atoms with Crippen LogP contribution in [0.4, 0.5) is 0 Å². The molecule has 0 bridgehead atoms. The summed E-state index contributed by atoms with van der Waals surface area (Å²) in [5, 5.41) is 20.7. The van der Waals surface area contributed by atoms with E-state index in [9.17, 15) is 0 Å². The standard InChI is InChI=1S/C13H12ClN7O/c14-9-2-1-3-11(6-9)21-18-12(16-19-21)7-22-13-17-15-8-20(13)10-4-5-10/h1-3,6,8,10H,4-5,7H2. The molecule has 2 heterocycles. The van der Waals surface area contributed by atoms with Crippen molar-refractivity contribution >= 4 is 11.6 Å². The second kappa shape index (κ2) is 5.38. The molecule has 1 aliphatic rings. The molecule has 2 aromatic heterocycles. The number of tetrazole rings is 1. The Kier molecular flexibility index (Phi) is 3.23. The lowest BCUT2D eigenvalue weighted by Gasteiger charge is -2.04. The van der Waals surface area contributed by atoms with Crippen molar-refractivity contribution in [1.82, 2.24) is 35.0 Å². The highest BCUT2D eigenvalue weighted by Gasteiger charge is 2.27. The molecule has 9 heteroatoms. The van der Waals surface area contributed by atoms with Gasteiger partial charge in [0.15, 0.2) is 6.61 Å². The summed E-state index contributed by atoms with van der Waals surface area (Å²) in [6.45, 7) is 0.186. The Labute approximate surface area is 130 Å². The van der Waals surface area contributed by atoms with Crippen LogP contribution in [0.5, 0.6) is 6.01 Å². The van der Waals surface area contributed by atoms with E-state index in [1.54, 1.807) is 18.5 Å². The fourth-order valence-electron chi connectivity index (χ4n) is 2.08. The SMILES string of the molecule is Clc1cccc(-n2nnc(COc3nncn3C3CC3)n2)c1. The molecule has 1 saturated carbocycles. The van der Waals surface area contributed by atoms with Crippen LogP contribution < -0.4 is 4.74 Å². The third-order valence-corrected chi connectivity index (χ3v) is 3.54. The van der Waals surface area contributed by atoms with E-state index in [1.165, 1.54) is 4.80 Å². The molecule has 8 nitrogen and oxygen atoms in total. The average molecular weight is 318 g/mol. The summed E-state index contributed by atoms with van der Waals surface area (Å²) in [5.41, 5.74) is 0.743. The van der Waals surface area contributed by atoms with E-state index in [1.807, 2.05) is 16.7 Å². The van der Waals surface area contributed by atoms with Crippen LogP contribution in [0.2, 0.25) is 5.02 Å². The van der Waals surface area contributed by atoms with Gasteiger partial charge in [0.1, 0.15) is 6.33 Å². The number of hydrogen-bond acceptors (Lipinski definition) is 6. The Hall–Kier alpha value is -2.48. The van der Waals surface area contributed by atoms with Crippen LogP contribution in [0.15, 0.2) is 30.6 Å². The van der Waals surface area contributed by atoms with E-state index < -0.39 is 0 Å². The Bertz CT molecular complexity index is 795. The topological polar surface area (TPSA) is 83.5 Å². The van der Waals surface area contributed by atoms with E-state index in [0.29, 0.717) is 22.9 Å². The quantitative estimate of drug-likeness (QED) is 0.713. The van der Waals surface area contributed by atoms with Crippen molar-refractivity contribution in [3.05, 3.63) is 41.4 Å². The van der Waals surface area contributed by atoms with Crippen LogP contribution in [0, 0.1) is 0 Å². The maximum atomic E-state index is 5.95. The summed E-state index contributed by atoms with van der Waals surface area (Å²) in [5.74, 6) is 0.463. The third kappa shape index (κ3) is 2.64. The van der Waals surface area contributed by atoms with E-state index in [2.05, 4.69) is 25.6 Å². The maximum Gasteiger partial charge on any atom is 0.317 e. The molecule has 0 saturated heterocycles. The lowest BCUT2D eigenvalue weighted by Crippen LogP contribution is -2.04. The second-order valence-electron chi connectivity index (χ2n) is 5.02. The molecule has 22 heavy (non-hydrogen) atoms. The lowest BCUT2D eigenvalue weighted by molar-refractivity contribution is 0.257. The monoisotopic (exact) mass is 317 g/mol. The summed E-state index contributed by atoms with van der Waals surface area (Å²) >= 11 is 5.95. The van der Waals surface area contributed by atoms with E-state index in [4.69, 9.17) is 16.3 Å². The smallest absolute Gasteiger partial charge is 0.317 e. The van der Waals surface area contributed by atoms with E-state index >= 15 is 0 Å². The molecule has 0 radical (unpaired) electrons. The average Bonchev–Trinajstić information content (AvgIpc) is 3.08. The van der Waals surface area contributed by atoms with Crippen molar-refractivity contribution in [2.45, 2.75) is 25.5 Å². The van der Waals surface area contributed by atoms with Gasteiger partial charge >= 0.3 is 6.01 Å². The van der Waals surface area contributed by atoms with Crippen LogP contribution >= 0.6 is 11.6 Å². The van der Waals surface area contributed by atoms with Gasteiger partial charge < -0.3 is 4.74 Å². The molecule has 4 rings (SSSR count). The molecule has 0 N–H and O–H groups in total. The molecule has 3 aromatic rings. The predicted octanol–water partition coefficient (Wildman–Crippen LogP) is 1.82. The summed E-state index contributed by atoms with van der Waals surface area (Å²) in [4.78, 5) is 1.41. The number of halogens is 1. The second-order valence-corrected chi connectivity index (χ2v) is 5.45. The summed E-state index contributed by atoms with van der Waals surface area (Å²) in [6.07, 6.45) is 3.96. The third-order valence-electron chi connectivity index (χ3n) is 3.31. The minimum Gasteiger partial charge on any atom is -0.455 e. The molecular formula is C13H12ClN7O. The van der Waals surface area contributed by atoms with Crippen LogP contribution in [0.3, 0.4) is 0 Å². The summed E-state index contributed by atoms with van der Waals surface area (Å²) in [6, 6.07) is 8.17. The molecular weight excluding hydrogens is 306 g/mol. The number of ether oxygens (including phenoxy) is 1. The first kappa shape index (κ1) is 13.2. The molecule has 0 atom stereocenters. The van der Waals surface area contributed by atoms with E-state index in [-0.39, 0.29) is 6.61 Å². The Morgan fingerprint density at radius 3 is 3.00 bits per heavy atom. The van der Waals surface area contributed by atoms with Crippen LogP contribution in [0.25, 0.3) is 5.69 Å². The van der Waals surface area contributed by atoms with Gasteiger partial charge in [-0.05, 0) is 36.3 Å². The van der Waals surface area contributed by atoms with Crippen LogP contribution in [-0.4, -0.2) is 35.0 Å². The highest BCUT2D eigenvalue weighted by molar-refractivity contribution is 6.30. The minimum absolute atomic E-state index is 0.186. The fraction of sp³-hybridized carbons (Fsp3) is 0.308. The summed E-state index contributed by atoms with van der Waals surface area (Å²) < 4.78 is 7.55. The molecule has 1 aliphatic carbocycles. The van der Waals surface area contributed by atoms with E-state index in [0.717, 1.165) is 18.5 Å². The summed E-state index contributed by atoms with van der Waals surface area (Å²) in [7, 11) is 0. The van der Waals surface area contributed by atoms with Crippen LogP contribution in [0.1, 0.15) is 24.7 Å². The molecule has 0 unspecified atom stereocenters. The molecule has 0 amide bonds. The molecule has 1 aromatic carbocycles. The van der Waals surface area contributed by atoms with Gasteiger partial charge in [-0.25, -0.2) is 0 Å². The van der Waals surface area contributed by atoms with Gasteiger partial charge in [-0.1, -0.05) is 22.8 Å². The fourth-order valence-corrected chi connectivity index (χ4v) is 2.26. The molecule has 0 spiro atoms. The Balaban J connectivity index is 1.47. The zero-order chi connectivity index (χ0) is 14.9. The molecule has 112 valence electrons. The number of benzene rings is 1. The minimum atomic E-state index is 0.186. The first-order valence-corrected chi connectivity index (χ1v) is 7.24. The zero-order valence-electron chi connectivity index (χ0n) is 11.5. The van der Waals surface area contributed by atoms with Crippen molar-refractivity contribution in [3.63, 3.8) is 0 Å². The van der Waals surface area contributed by atoms with Crippen molar-refractivity contribution in [2.24, 2.45) is 0 Å². The number of aromatic nitrogens is 7. The van der Waals surface area contributed by atoms with Gasteiger partial charge in [0.25, 0.3) is 0 Å². The Morgan fingerprint density at radius 1 is 1.27 bits per heavy atom. The van der Waals surface area contributed by atoms with Crippen molar-refractivity contribution in [2.75, 3.05) is 0 Å². The highest BCUT2D eigenvalue weighted by Crippen LogP contribution is 2.37. The van der Waals surface area contributed by atoms with Crippen LogP contribution in [-0.2, 0) is 6.61 Å². The first-order chi connectivity index (χ1) is 10.8. The largest absolute Gasteiger partial charge is 0.455 e. The van der Waals surface area contributed by atoms with Gasteiger partial charge in [0, 0.05) is 11.1 Å². The molecule has 1 fully saturated rings. The normalized spacial score (nSPS) is 14.2. The lowest BCUT2D eigenvalue weighted by atomic mass is 10.3. The van der Waals surface area contributed by atoms with Gasteiger partial charge in [-0.15, -0.1) is 20.1 Å². The van der Waals surface area contributed by atoms with Gasteiger partial charge in [0.05, 0.1) is 5.69 Å². The molecule has 0 aliphatic heterocycles. The first-order valence-electron chi connectivity index (χ1n) is 6.87. The van der Waals surface area contributed by atoms with Crippen molar-refractivity contribution in [3.8, 4) is 11.7 Å². The van der Waals surface area contributed by atoms with Gasteiger partial charge in [0.2, 0.25) is 5.82 Å². The zero-order valence-corrected chi connectivity index (χ0v) is 12.3. The Morgan fingerprint density at radius 2 is 2.18 bits per heavy atom. The predicted molar refractivity (Wildman–Crippen MR) is 76.8 cm³/mol. The number of rotatable bonds is 5. The number of hydrogen-bond donors (Lipinski definition) is 0. The number of nitrogens with zero attached hydrogens (tertiary/aromatic N) is 7. The van der Waals surface area contributed by atoms with Crippen molar-refractivity contribution < 1.29 is 4.74 Å². The van der Waals surface area contributed by atoms with Gasteiger partial charge in [-0.2, -0.15) is 0 Å². The maximum absolute atomic E-state index is 5.95. The van der Waals surface area contributed by atoms with Crippen molar-refractivity contribution in [1.29, 1.82) is 0 Å². The highest BCUT2D eigenvalue weighted by atomic mass is 35.5.